The summed E-state index contributed by atoms with van der Waals surface area (Å²) in [5.74, 6) is 8.01. The number of carbonyl (C=O) groups excluding carboxylic acids is 3. The number of benzene rings is 2. The Balaban J connectivity index is 0.000000399. The van der Waals surface area contributed by atoms with Gasteiger partial charge in [-0.05, 0) is 73.2 Å². The summed E-state index contributed by atoms with van der Waals surface area (Å²) >= 11 is 0. The molecule has 0 aliphatic carbocycles. The van der Waals surface area contributed by atoms with Gasteiger partial charge in [-0.25, -0.2) is 5.43 Å². The maximum absolute atomic E-state index is 11.8. The number of pyridine rings is 2. The van der Waals surface area contributed by atoms with Crippen LogP contribution >= 0.6 is 0 Å². The minimum absolute atomic E-state index is 0. The predicted octanol–water partition coefficient (Wildman–Crippen LogP) is 3.81. The molecule has 9 N–H and O–H groups in total. The normalized spacial score (nSPS) is 11.2. The first-order valence-electron chi connectivity index (χ1n) is 13.2. The van der Waals surface area contributed by atoms with Crippen molar-refractivity contribution in [3.8, 4) is 0 Å². The first kappa shape index (κ1) is 37.8. The fraction of sp³-hybridized carbons (Fsp3) is 0.161. The first-order chi connectivity index (χ1) is 20.5. The number of ketones is 2. The van der Waals surface area contributed by atoms with Crippen molar-refractivity contribution in [2.45, 2.75) is 32.6 Å². The number of anilines is 4. The molecule has 13 heteroatoms. The Labute approximate surface area is 281 Å². The van der Waals surface area contributed by atoms with Crippen LogP contribution in [0.25, 0.3) is 0 Å². The van der Waals surface area contributed by atoms with Crippen molar-refractivity contribution in [1.82, 2.24) is 15.4 Å². The summed E-state index contributed by atoms with van der Waals surface area (Å²) < 4.78 is 0. The summed E-state index contributed by atoms with van der Waals surface area (Å²) in [7, 11) is 0. The van der Waals surface area contributed by atoms with E-state index in [0.29, 0.717) is 24.8 Å². The third-order valence-corrected chi connectivity index (χ3v) is 5.97. The second-order valence-electron chi connectivity index (χ2n) is 9.10. The molecule has 1 aliphatic heterocycles. The number of hydrogen-bond acceptors (Lipinski definition) is 10. The van der Waals surface area contributed by atoms with Gasteiger partial charge in [0.25, 0.3) is 0 Å². The summed E-state index contributed by atoms with van der Waals surface area (Å²) in [6.07, 6.45) is 8.66. The summed E-state index contributed by atoms with van der Waals surface area (Å²) in [5.41, 5.74) is 8.93. The molecule has 4 aromatic rings. The number of amides is 1. The number of rotatable bonds is 9. The molecule has 227 valence electrons. The first-order valence-corrected chi connectivity index (χ1v) is 13.2. The number of hydrogen-bond donors (Lipinski definition) is 5. The number of nitrogens with one attached hydrogen (secondary N) is 3. The van der Waals surface area contributed by atoms with Gasteiger partial charge in [0.15, 0.2) is 5.78 Å². The number of Topliss-reactive ketones (excluding diaryl/α,β-unsaturated/α-hetero) is 2. The molecule has 0 fully saturated rings. The average molecular weight is 674 g/mol. The molecule has 1 amide bonds. The van der Waals surface area contributed by atoms with Gasteiger partial charge in [-0.1, -0.05) is 12.1 Å². The van der Waals surface area contributed by atoms with Crippen LogP contribution in [-0.2, 0) is 42.3 Å². The van der Waals surface area contributed by atoms with Gasteiger partial charge in [-0.3, -0.25) is 31.2 Å². The zero-order valence-electron chi connectivity index (χ0n) is 24.4. The van der Waals surface area contributed by atoms with E-state index in [0.717, 1.165) is 34.0 Å². The Morgan fingerprint density at radius 1 is 0.727 bits per heavy atom. The molecule has 44 heavy (non-hydrogen) atoms. The Kier molecular flexibility index (Phi) is 17.8. The van der Waals surface area contributed by atoms with Gasteiger partial charge >= 0.3 is 0 Å². The van der Waals surface area contributed by atoms with Gasteiger partial charge in [0.2, 0.25) is 5.91 Å². The summed E-state index contributed by atoms with van der Waals surface area (Å²) in [4.78, 5) is 41.7. The van der Waals surface area contributed by atoms with E-state index in [1.54, 1.807) is 36.9 Å². The number of hydrazone groups is 1. The zero-order valence-corrected chi connectivity index (χ0v) is 27.2. The Morgan fingerprint density at radius 3 is 1.61 bits per heavy atom. The minimum atomic E-state index is -0.0234. The second-order valence-corrected chi connectivity index (χ2v) is 9.10. The zero-order chi connectivity index (χ0) is 30.2. The van der Waals surface area contributed by atoms with Gasteiger partial charge in [-0.15, -0.1) is 0 Å². The molecule has 0 spiro atoms. The summed E-state index contributed by atoms with van der Waals surface area (Å²) in [5, 5.41) is 10.6. The van der Waals surface area contributed by atoms with Crippen molar-refractivity contribution in [2.75, 3.05) is 10.6 Å². The fourth-order valence-electron chi connectivity index (χ4n) is 3.81. The molecule has 1 aliphatic rings. The molecule has 2 aromatic heterocycles. The van der Waals surface area contributed by atoms with Crippen LogP contribution in [0.1, 0.15) is 48.5 Å². The molecule has 5 rings (SSSR count). The van der Waals surface area contributed by atoms with Crippen LogP contribution in [0, 0.1) is 0 Å². The topological polar surface area (TPSA) is 209 Å². The molecule has 1 radical (unpaired) electrons. The van der Waals surface area contributed by atoms with Gasteiger partial charge in [0, 0.05) is 111 Å². The SMILES string of the molecule is CC(=O)CCC(=O)c1ccc(Nc2ccncc2)cc1.NN.O.O=C1CCC(c2ccc(Nc3ccncc3)cc2)=NN1.[Y]. The van der Waals surface area contributed by atoms with Crippen LogP contribution in [-0.4, -0.2) is 38.6 Å². The van der Waals surface area contributed by atoms with Crippen molar-refractivity contribution >= 4 is 45.9 Å². The van der Waals surface area contributed by atoms with Crippen molar-refractivity contribution in [3.05, 3.63) is 109 Å². The van der Waals surface area contributed by atoms with Crippen LogP contribution in [0.3, 0.4) is 0 Å². The number of hydrazine groups is 1. The smallest absolute Gasteiger partial charge is 0.240 e. The Morgan fingerprint density at radius 2 is 1.18 bits per heavy atom. The number of aromatic nitrogens is 2. The van der Waals surface area contributed by atoms with Gasteiger partial charge in [-0.2, -0.15) is 5.10 Å². The van der Waals surface area contributed by atoms with E-state index < -0.39 is 0 Å². The van der Waals surface area contributed by atoms with Gasteiger partial charge in [0.1, 0.15) is 5.78 Å². The number of carbonyl (C=O) groups is 3. The molecule has 0 saturated carbocycles. The molecule has 3 heterocycles. The van der Waals surface area contributed by atoms with E-state index in [4.69, 9.17) is 0 Å². The average Bonchev–Trinajstić information content (AvgIpc) is 3.03. The van der Waals surface area contributed by atoms with E-state index in [2.05, 4.69) is 42.8 Å². The molecule has 0 atom stereocenters. The maximum Gasteiger partial charge on any atom is 0.240 e. The van der Waals surface area contributed by atoms with Crippen LogP contribution in [0.4, 0.5) is 22.7 Å². The van der Waals surface area contributed by atoms with Gasteiger partial charge < -0.3 is 20.9 Å². The van der Waals surface area contributed by atoms with Crippen LogP contribution in [0.15, 0.2) is 103 Å². The Bertz CT molecular complexity index is 1470. The quantitative estimate of drug-likeness (QED) is 0.0993. The van der Waals surface area contributed by atoms with E-state index in [1.807, 2.05) is 60.7 Å². The third kappa shape index (κ3) is 13.0. The predicted molar refractivity (Wildman–Crippen MR) is 168 cm³/mol. The largest absolute Gasteiger partial charge is 0.412 e. The molecule has 0 unspecified atom stereocenters. The minimum Gasteiger partial charge on any atom is -0.412 e. The van der Waals surface area contributed by atoms with Crippen molar-refractivity contribution < 1.29 is 52.6 Å². The van der Waals surface area contributed by atoms with E-state index >= 15 is 0 Å². The fourth-order valence-corrected chi connectivity index (χ4v) is 3.81. The Hall–Kier alpha value is -4.20. The van der Waals surface area contributed by atoms with Crippen LogP contribution in [0.5, 0.6) is 0 Å². The third-order valence-electron chi connectivity index (χ3n) is 5.97. The van der Waals surface area contributed by atoms with E-state index in [1.165, 1.54) is 6.92 Å². The number of nitrogens with two attached hydrogens (primary N) is 2. The molecule has 12 nitrogen and oxygen atoms in total. The second kappa shape index (κ2) is 20.7. The monoisotopic (exact) mass is 673 g/mol. The van der Waals surface area contributed by atoms with E-state index in [9.17, 15) is 14.4 Å². The summed E-state index contributed by atoms with van der Waals surface area (Å²) in [6, 6.07) is 22.8. The molecule has 0 saturated heterocycles. The molecule has 0 bridgehead atoms. The molecular formula is C31H36N8O4Y. The summed E-state index contributed by atoms with van der Waals surface area (Å²) in [6.45, 7) is 1.50. The van der Waals surface area contributed by atoms with E-state index in [-0.39, 0.29) is 62.1 Å². The molecular weight excluding hydrogens is 637 g/mol. The van der Waals surface area contributed by atoms with Crippen molar-refractivity contribution in [3.63, 3.8) is 0 Å². The van der Waals surface area contributed by atoms with Gasteiger partial charge in [0.05, 0.1) is 5.71 Å². The van der Waals surface area contributed by atoms with Crippen LogP contribution in [0.2, 0.25) is 0 Å². The van der Waals surface area contributed by atoms with Crippen molar-refractivity contribution in [2.24, 2.45) is 16.8 Å². The standard InChI is InChI=1S/C16H16N2O2.C15H14N4O.H4N2.H2O.Y/c1-12(19)2-7-16(20)13-3-5-14(6-4-13)18-15-8-10-17-11-9-15;20-15-6-5-14(18-19-15)11-1-3-12(4-2-11)17-13-7-9-16-10-8-13;1-2;;/h3-6,8-11H,2,7H2,1H3,(H,17,18);1-4,7-10H,5-6H2,(H,16,17)(H,19,20);1-2H2;1H2;. The van der Waals surface area contributed by atoms with Crippen molar-refractivity contribution in [1.29, 1.82) is 0 Å². The molecule has 2 aromatic carbocycles. The van der Waals surface area contributed by atoms with Crippen LogP contribution < -0.4 is 27.7 Å². The number of nitrogens with zero attached hydrogens (tertiary/aromatic N) is 3. The maximum atomic E-state index is 11.8.